The molecule has 1 aliphatic heterocycles. The van der Waals surface area contributed by atoms with Crippen LogP contribution in [0.5, 0.6) is 0 Å². The molecule has 1 aliphatic rings. The Hall–Kier alpha value is -1.30. The zero-order valence-corrected chi connectivity index (χ0v) is 13.4. The second kappa shape index (κ2) is 7.64. The first-order chi connectivity index (χ1) is 9.78. The minimum Gasteiger partial charge on any atom is -0.464 e. The second-order valence-electron chi connectivity index (χ2n) is 6.34. The average molecular weight is 301 g/mol. The van der Waals surface area contributed by atoms with Gasteiger partial charge in [0, 0.05) is 13.2 Å². The van der Waals surface area contributed by atoms with E-state index in [-0.39, 0.29) is 19.1 Å². The molecule has 1 amide bonds. The molecule has 0 spiro atoms. The highest BCUT2D eigenvalue weighted by atomic mass is 16.6. The fraction of sp³-hybridized carbons (Fsp3) is 0.867. The molecule has 122 valence electrons. The predicted octanol–water partition coefficient (Wildman–Crippen LogP) is 1.95. The largest absolute Gasteiger partial charge is 0.464 e. The number of nitrogens with zero attached hydrogens (tertiary/aromatic N) is 1. The number of carbonyl (C=O) groups excluding carboxylic acids is 2. The zero-order valence-electron chi connectivity index (χ0n) is 13.4. The van der Waals surface area contributed by atoms with Crippen molar-refractivity contribution in [3.05, 3.63) is 0 Å². The van der Waals surface area contributed by atoms with E-state index in [0.717, 1.165) is 6.42 Å². The van der Waals surface area contributed by atoms with Crippen molar-refractivity contribution in [1.29, 1.82) is 0 Å². The molecule has 2 unspecified atom stereocenters. The summed E-state index contributed by atoms with van der Waals surface area (Å²) < 4.78 is 10.4. The van der Waals surface area contributed by atoms with E-state index in [0.29, 0.717) is 19.4 Å². The molecule has 1 saturated heterocycles. The van der Waals surface area contributed by atoms with E-state index in [4.69, 9.17) is 14.6 Å². The van der Waals surface area contributed by atoms with Crippen LogP contribution in [0.25, 0.3) is 0 Å². The van der Waals surface area contributed by atoms with Crippen LogP contribution in [0, 0.1) is 5.92 Å². The van der Waals surface area contributed by atoms with Crippen molar-refractivity contribution in [2.45, 2.75) is 58.6 Å². The van der Waals surface area contributed by atoms with Crippen LogP contribution in [-0.4, -0.2) is 53.5 Å². The second-order valence-corrected chi connectivity index (χ2v) is 6.34. The summed E-state index contributed by atoms with van der Waals surface area (Å²) in [5.74, 6) is -0.172. The van der Waals surface area contributed by atoms with Crippen LogP contribution in [-0.2, 0) is 14.3 Å². The van der Waals surface area contributed by atoms with Gasteiger partial charge in [0.05, 0.1) is 6.61 Å². The minimum absolute atomic E-state index is 0.0899. The summed E-state index contributed by atoms with van der Waals surface area (Å²) in [6.07, 6.45) is 1.43. The molecular weight excluding hydrogens is 274 g/mol. The number of esters is 1. The first-order valence-corrected chi connectivity index (χ1v) is 7.55. The molecule has 0 aromatic carbocycles. The Kier molecular flexibility index (Phi) is 6.45. The SMILES string of the molecule is CCOC(=O)C1CC(CCO)CCN1C(=O)OC(C)(C)C. The quantitative estimate of drug-likeness (QED) is 0.803. The highest BCUT2D eigenvalue weighted by Gasteiger charge is 2.38. The molecule has 0 aromatic rings. The fourth-order valence-electron chi connectivity index (χ4n) is 2.48. The van der Waals surface area contributed by atoms with Crippen LogP contribution in [0.1, 0.15) is 47.0 Å². The number of aliphatic hydroxyl groups excluding tert-OH is 1. The summed E-state index contributed by atoms with van der Waals surface area (Å²) in [7, 11) is 0. The Morgan fingerprint density at radius 1 is 1.33 bits per heavy atom. The van der Waals surface area contributed by atoms with Gasteiger partial charge in [-0.1, -0.05) is 0 Å². The summed E-state index contributed by atoms with van der Waals surface area (Å²) in [5, 5.41) is 9.05. The molecule has 0 saturated carbocycles. The molecule has 1 N–H and O–H groups in total. The Morgan fingerprint density at radius 3 is 2.52 bits per heavy atom. The number of hydrogen-bond acceptors (Lipinski definition) is 5. The van der Waals surface area contributed by atoms with Crippen LogP contribution in [0.4, 0.5) is 4.79 Å². The maximum atomic E-state index is 12.2. The number of carbonyl (C=O) groups is 2. The average Bonchev–Trinajstić information content (AvgIpc) is 2.37. The third-order valence-electron chi connectivity index (χ3n) is 3.44. The van der Waals surface area contributed by atoms with Crippen molar-refractivity contribution < 1.29 is 24.2 Å². The maximum absolute atomic E-state index is 12.2. The van der Waals surface area contributed by atoms with Gasteiger partial charge in [0.15, 0.2) is 0 Å². The number of hydrogen-bond donors (Lipinski definition) is 1. The molecular formula is C15H27NO5. The smallest absolute Gasteiger partial charge is 0.411 e. The Balaban J connectivity index is 2.79. The van der Waals surface area contributed by atoms with Gasteiger partial charge in [-0.3, -0.25) is 4.90 Å². The molecule has 6 nitrogen and oxygen atoms in total. The summed E-state index contributed by atoms with van der Waals surface area (Å²) in [4.78, 5) is 25.8. The lowest BCUT2D eigenvalue weighted by molar-refractivity contribution is -0.151. The first-order valence-electron chi connectivity index (χ1n) is 7.55. The summed E-state index contributed by atoms with van der Waals surface area (Å²) in [6, 6.07) is -0.620. The van der Waals surface area contributed by atoms with Crippen molar-refractivity contribution in [3.8, 4) is 0 Å². The van der Waals surface area contributed by atoms with Gasteiger partial charge >= 0.3 is 12.1 Å². The van der Waals surface area contributed by atoms with Gasteiger partial charge in [0.2, 0.25) is 0 Å². The molecule has 21 heavy (non-hydrogen) atoms. The lowest BCUT2D eigenvalue weighted by Gasteiger charge is -2.38. The van der Waals surface area contributed by atoms with Gasteiger partial charge in [0.1, 0.15) is 11.6 Å². The van der Waals surface area contributed by atoms with Gasteiger partial charge in [-0.25, -0.2) is 9.59 Å². The van der Waals surface area contributed by atoms with Crippen molar-refractivity contribution in [3.63, 3.8) is 0 Å². The molecule has 1 fully saturated rings. The third-order valence-corrected chi connectivity index (χ3v) is 3.44. The molecule has 1 rings (SSSR count). The van der Waals surface area contributed by atoms with Gasteiger partial charge in [-0.15, -0.1) is 0 Å². The topological polar surface area (TPSA) is 76.1 Å². The maximum Gasteiger partial charge on any atom is 0.411 e. The van der Waals surface area contributed by atoms with E-state index >= 15 is 0 Å². The zero-order chi connectivity index (χ0) is 16.0. The minimum atomic E-state index is -0.620. The van der Waals surface area contributed by atoms with E-state index in [2.05, 4.69) is 0 Å². The Bertz CT molecular complexity index is 364. The van der Waals surface area contributed by atoms with Gasteiger partial charge < -0.3 is 14.6 Å². The number of likely N-dealkylation sites (tertiary alicyclic amines) is 1. The first kappa shape index (κ1) is 17.8. The molecule has 0 radical (unpaired) electrons. The van der Waals surface area contributed by atoms with E-state index in [1.807, 2.05) is 0 Å². The summed E-state index contributed by atoms with van der Waals surface area (Å²) in [5.41, 5.74) is -0.599. The van der Waals surface area contributed by atoms with Crippen LogP contribution >= 0.6 is 0 Å². The van der Waals surface area contributed by atoms with Gasteiger partial charge in [-0.05, 0) is 52.9 Å². The summed E-state index contributed by atoms with van der Waals surface area (Å²) >= 11 is 0. The Morgan fingerprint density at radius 2 is 2.00 bits per heavy atom. The highest BCUT2D eigenvalue weighted by molar-refractivity contribution is 5.81. The normalized spacial score (nSPS) is 22.8. The Labute approximate surface area is 126 Å². The fourth-order valence-corrected chi connectivity index (χ4v) is 2.48. The van der Waals surface area contributed by atoms with Crippen molar-refractivity contribution in [2.75, 3.05) is 19.8 Å². The standard InChI is InChI=1S/C15H27NO5/c1-5-20-13(18)12-10-11(7-9-17)6-8-16(12)14(19)21-15(2,3)4/h11-12,17H,5-10H2,1-4H3. The van der Waals surface area contributed by atoms with Crippen molar-refractivity contribution >= 4 is 12.1 Å². The third kappa shape index (κ3) is 5.53. The van der Waals surface area contributed by atoms with Crippen LogP contribution in [0.2, 0.25) is 0 Å². The number of ether oxygens (including phenoxy) is 2. The van der Waals surface area contributed by atoms with Crippen LogP contribution in [0.3, 0.4) is 0 Å². The van der Waals surface area contributed by atoms with Gasteiger partial charge in [-0.2, -0.15) is 0 Å². The number of aliphatic hydroxyl groups is 1. The van der Waals surface area contributed by atoms with Crippen molar-refractivity contribution in [1.82, 2.24) is 4.90 Å². The van der Waals surface area contributed by atoms with E-state index in [1.54, 1.807) is 27.7 Å². The lowest BCUT2D eigenvalue weighted by atomic mass is 9.89. The molecule has 1 heterocycles. The number of piperidine rings is 1. The molecule has 0 aromatic heterocycles. The molecule has 6 heteroatoms. The number of amides is 1. The van der Waals surface area contributed by atoms with Gasteiger partial charge in [0.25, 0.3) is 0 Å². The molecule has 2 atom stereocenters. The lowest BCUT2D eigenvalue weighted by Crippen LogP contribution is -2.52. The van der Waals surface area contributed by atoms with E-state index < -0.39 is 23.7 Å². The highest BCUT2D eigenvalue weighted by Crippen LogP contribution is 2.27. The summed E-state index contributed by atoms with van der Waals surface area (Å²) in [6.45, 7) is 7.94. The monoisotopic (exact) mass is 301 g/mol. The van der Waals surface area contributed by atoms with Crippen molar-refractivity contribution in [2.24, 2.45) is 5.92 Å². The number of rotatable bonds is 4. The predicted molar refractivity (Wildman–Crippen MR) is 77.8 cm³/mol. The molecule has 0 bridgehead atoms. The van der Waals surface area contributed by atoms with E-state index in [1.165, 1.54) is 4.90 Å². The van der Waals surface area contributed by atoms with E-state index in [9.17, 15) is 9.59 Å². The van der Waals surface area contributed by atoms with Crippen LogP contribution in [0.15, 0.2) is 0 Å². The van der Waals surface area contributed by atoms with Crippen LogP contribution < -0.4 is 0 Å². The molecule has 0 aliphatic carbocycles.